The standard InChI is InChI=1S/C20H21ClN2O2/c1-12-7-8-15(21)11-16(12)22-18(24)20(9-10-20)19(25)23-17-13(2)5-4-6-14(17)3/h4-8,11H,9-10H2,1-3H3,(H,22,24)(H,23,25). The number of para-hydroxylation sites is 1. The molecule has 1 aliphatic rings. The van der Waals surface area contributed by atoms with E-state index >= 15 is 0 Å². The first kappa shape index (κ1) is 17.5. The molecule has 1 aliphatic carbocycles. The summed E-state index contributed by atoms with van der Waals surface area (Å²) in [4.78, 5) is 25.5. The van der Waals surface area contributed by atoms with Crippen molar-refractivity contribution >= 4 is 34.8 Å². The molecule has 2 aromatic rings. The maximum absolute atomic E-state index is 12.8. The zero-order valence-electron chi connectivity index (χ0n) is 14.6. The highest BCUT2D eigenvalue weighted by Gasteiger charge is 2.56. The SMILES string of the molecule is Cc1ccc(Cl)cc1NC(=O)C1(C(=O)Nc2c(C)cccc2C)CC1. The molecule has 2 amide bonds. The molecule has 4 nitrogen and oxygen atoms in total. The molecule has 0 aromatic heterocycles. The predicted octanol–water partition coefficient (Wildman–Crippen LogP) is 4.62. The summed E-state index contributed by atoms with van der Waals surface area (Å²) < 4.78 is 0. The lowest BCUT2D eigenvalue weighted by atomic mass is 10.0. The summed E-state index contributed by atoms with van der Waals surface area (Å²) in [6.07, 6.45) is 1.10. The maximum atomic E-state index is 12.8. The van der Waals surface area contributed by atoms with Gasteiger partial charge in [-0.2, -0.15) is 0 Å². The first-order valence-corrected chi connectivity index (χ1v) is 8.66. The molecular weight excluding hydrogens is 336 g/mol. The lowest BCUT2D eigenvalue weighted by Crippen LogP contribution is -2.36. The monoisotopic (exact) mass is 356 g/mol. The van der Waals surface area contributed by atoms with Gasteiger partial charge in [0.1, 0.15) is 5.41 Å². The fourth-order valence-corrected chi connectivity index (χ4v) is 3.07. The Morgan fingerprint density at radius 1 is 0.920 bits per heavy atom. The van der Waals surface area contributed by atoms with Crippen LogP contribution in [0, 0.1) is 26.2 Å². The van der Waals surface area contributed by atoms with Crippen LogP contribution in [0.15, 0.2) is 36.4 Å². The Morgan fingerprint density at radius 3 is 2.12 bits per heavy atom. The Bertz CT molecular complexity index is 837. The van der Waals surface area contributed by atoms with Crippen LogP contribution in [-0.2, 0) is 9.59 Å². The second-order valence-electron chi connectivity index (χ2n) is 6.72. The van der Waals surface area contributed by atoms with E-state index in [9.17, 15) is 9.59 Å². The van der Waals surface area contributed by atoms with Crippen LogP contribution >= 0.6 is 11.6 Å². The van der Waals surface area contributed by atoms with Crippen molar-refractivity contribution in [2.24, 2.45) is 5.41 Å². The Labute approximate surface area is 152 Å². The molecule has 1 saturated carbocycles. The van der Waals surface area contributed by atoms with Gasteiger partial charge in [-0.1, -0.05) is 35.9 Å². The number of halogens is 1. The largest absolute Gasteiger partial charge is 0.325 e. The van der Waals surface area contributed by atoms with Gasteiger partial charge in [-0.25, -0.2) is 0 Å². The lowest BCUT2D eigenvalue weighted by Gasteiger charge is -2.18. The van der Waals surface area contributed by atoms with Gasteiger partial charge in [-0.3, -0.25) is 9.59 Å². The van der Waals surface area contributed by atoms with Crippen molar-refractivity contribution in [3.8, 4) is 0 Å². The van der Waals surface area contributed by atoms with Crippen LogP contribution in [0.25, 0.3) is 0 Å². The van der Waals surface area contributed by atoms with Gasteiger partial charge in [-0.05, 0) is 62.4 Å². The zero-order chi connectivity index (χ0) is 18.2. The van der Waals surface area contributed by atoms with E-state index in [0.717, 1.165) is 22.4 Å². The Hall–Kier alpha value is -2.33. The number of carbonyl (C=O) groups excluding carboxylic acids is 2. The predicted molar refractivity (Wildman–Crippen MR) is 101 cm³/mol. The van der Waals surface area contributed by atoms with Crippen LogP contribution < -0.4 is 10.6 Å². The highest BCUT2D eigenvalue weighted by Crippen LogP contribution is 2.48. The quantitative estimate of drug-likeness (QED) is 0.785. The Morgan fingerprint density at radius 2 is 1.52 bits per heavy atom. The van der Waals surface area contributed by atoms with Gasteiger partial charge in [0.05, 0.1) is 0 Å². The molecule has 0 atom stereocenters. The second kappa shape index (κ2) is 6.52. The zero-order valence-corrected chi connectivity index (χ0v) is 15.3. The molecule has 1 fully saturated rings. The third kappa shape index (κ3) is 3.40. The van der Waals surface area contributed by atoms with E-state index in [2.05, 4.69) is 10.6 Å². The molecule has 130 valence electrons. The van der Waals surface area contributed by atoms with Crippen molar-refractivity contribution in [2.45, 2.75) is 33.6 Å². The number of aryl methyl sites for hydroxylation is 3. The summed E-state index contributed by atoms with van der Waals surface area (Å²) in [5.41, 5.74) is 3.30. The van der Waals surface area contributed by atoms with E-state index in [-0.39, 0.29) is 11.8 Å². The summed E-state index contributed by atoms with van der Waals surface area (Å²) in [5, 5.41) is 6.36. The van der Waals surface area contributed by atoms with Gasteiger partial charge in [-0.15, -0.1) is 0 Å². The molecule has 0 aliphatic heterocycles. The minimum absolute atomic E-state index is 0.248. The molecule has 0 heterocycles. The van der Waals surface area contributed by atoms with Gasteiger partial charge in [0.15, 0.2) is 0 Å². The highest BCUT2D eigenvalue weighted by molar-refractivity contribution is 6.31. The summed E-state index contributed by atoms with van der Waals surface area (Å²) in [6.45, 7) is 5.78. The first-order valence-electron chi connectivity index (χ1n) is 8.29. The van der Waals surface area contributed by atoms with E-state index in [1.165, 1.54) is 0 Å². The summed E-state index contributed by atoms with van der Waals surface area (Å²) >= 11 is 6.00. The van der Waals surface area contributed by atoms with Crippen molar-refractivity contribution in [3.63, 3.8) is 0 Å². The van der Waals surface area contributed by atoms with E-state index in [4.69, 9.17) is 11.6 Å². The van der Waals surface area contributed by atoms with E-state index in [1.54, 1.807) is 12.1 Å². The third-order valence-corrected chi connectivity index (χ3v) is 5.02. The van der Waals surface area contributed by atoms with Crippen LogP contribution in [0.2, 0.25) is 5.02 Å². The minimum atomic E-state index is -0.997. The second-order valence-corrected chi connectivity index (χ2v) is 7.15. The van der Waals surface area contributed by atoms with Gasteiger partial charge < -0.3 is 10.6 Å². The average molecular weight is 357 g/mol. The number of anilines is 2. The molecule has 2 N–H and O–H groups in total. The number of hydrogen-bond donors (Lipinski definition) is 2. The van der Waals surface area contributed by atoms with Crippen molar-refractivity contribution < 1.29 is 9.59 Å². The fourth-order valence-electron chi connectivity index (χ4n) is 2.90. The third-order valence-electron chi connectivity index (χ3n) is 4.79. The number of rotatable bonds is 4. The lowest BCUT2D eigenvalue weighted by molar-refractivity contribution is -0.131. The van der Waals surface area contributed by atoms with Crippen LogP contribution in [-0.4, -0.2) is 11.8 Å². The first-order chi connectivity index (χ1) is 11.8. The molecule has 0 saturated heterocycles. The normalized spacial score (nSPS) is 14.7. The topological polar surface area (TPSA) is 58.2 Å². The molecule has 0 unspecified atom stereocenters. The minimum Gasteiger partial charge on any atom is -0.325 e. The molecule has 0 spiro atoms. The molecule has 0 radical (unpaired) electrons. The summed E-state index contributed by atoms with van der Waals surface area (Å²) in [6, 6.07) is 11.1. The summed E-state index contributed by atoms with van der Waals surface area (Å²) in [7, 11) is 0. The van der Waals surface area contributed by atoms with Crippen molar-refractivity contribution in [1.82, 2.24) is 0 Å². The Kier molecular flexibility index (Phi) is 4.56. The average Bonchev–Trinajstić information content (AvgIpc) is 3.36. The fraction of sp³-hybridized carbons (Fsp3) is 0.300. The van der Waals surface area contributed by atoms with E-state index < -0.39 is 5.41 Å². The molecular formula is C20H21ClN2O2. The van der Waals surface area contributed by atoms with Gasteiger partial charge in [0, 0.05) is 16.4 Å². The highest BCUT2D eigenvalue weighted by atomic mass is 35.5. The molecule has 0 bridgehead atoms. The van der Waals surface area contributed by atoms with E-state index in [1.807, 2.05) is 45.0 Å². The maximum Gasteiger partial charge on any atom is 0.240 e. The van der Waals surface area contributed by atoms with Crippen LogP contribution in [0.4, 0.5) is 11.4 Å². The number of carbonyl (C=O) groups is 2. The smallest absolute Gasteiger partial charge is 0.240 e. The van der Waals surface area contributed by atoms with Gasteiger partial charge >= 0.3 is 0 Å². The van der Waals surface area contributed by atoms with E-state index in [0.29, 0.717) is 23.6 Å². The van der Waals surface area contributed by atoms with Gasteiger partial charge in [0.2, 0.25) is 11.8 Å². The Balaban J connectivity index is 1.78. The number of hydrogen-bond acceptors (Lipinski definition) is 2. The van der Waals surface area contributed by atoms with Crippen LogP contribution in [0.3, 0.4) is 0 Å². The van der Waals surface area contributed by atoms with Crippen LogP contribution in [0.5, 0.6) is 0 Å². The summed E-state index contributed by atoms with van der Waals surface area (Å²) in [5.74, 6) is -0.524. The van der Waals surface area contributed by atoms with Crippen LogP contribution in [0.1, 0.15) is 29.5 Å². The molecule has 5 heteroatoms. The van der Waals surface area contributed by atoms with Crippen molar-refractivity contribution in [1.29, 1.82) is 0 Å². The molecule has 25 heavy (non-hydrogen) atoms. The van der Waals surface area contributed by atoms with Gasteiger partial charge in [0.25, 0.3) is 0 Å². The molecule has 3 rings (SSSR count). The van der Waals surface area contributed by atoms with Crippen molar-refractivity contribution in [2.75, 3.05) is 10.6 Å². The number of benzene rings is 2. The number of nitrogens with one attached hydrogen (secondary N) is 2. The molecule has 2 aromatic carbocycles. The van der Waals surface area contributed by atoms with Crippen molar-refractivity contribution in [3.05, 3.63) is 58.1 Å². The number of amides is 2.